The largest absolute Gasteiger partial charge is 0.491 e. The van der Waals surface area contributed by atoms with Crippen molar-refractivity contribution in [3.8, 4) is 5.75 Å². The van der Waals surface area contributed by atoms with Crippen LogP contribution in [-0.2, 0) is 4.74 Å². The third kappa shape index (κ3) is 3.12. The molecule has 2 aliphatic rings. The van der Waals surface area contributed by atoms with Crippen LogP contribution < -0.4 is 4.74 Å². The van der Waals surface area contributed by atoms with Gasteiger partial charge in [0.1, 0.15) is 5.60 Å². The predicted molar refractivity (Wildman–Crippen MR) is 84.5 cm³/mol. The zero-order chi connectivity index (χ0) is 18.2. The van der Waals surface area contributed by atoms with E-state index < -0.39 is 28.9 Å². The van der Waals surface area contributed by atoms with Gasteiger partial charge >= 0.3 is 6.09 Å². The van der Waals surface area contributed by atoms with Gasteiger partial charge in [0, 0.05) is 26.6 Å². The maximum absolute atomic E-state index is 14.3. The van der Waals surface area contributed by atoms with Gasteiger partial charge in [0.25, 0.3) is 5.91 Å². The maximum Gasteiger partial charge on any atom is 0.410 e. The van der Waals surface area contributed by atoms with E-state index in [1.807, 2.05) is 0 Å². The number of ether oxygens (including phenoxy) is 2. The van der Waals surface area contributed by atoms with E-state index in [0.29, 0.717) is 38.9 Å². The van der Waals surface area contributed by atoms with E-state index in [0.717, 1.165) is 19.2 Å². The van der Waals surface area contributed by atoms with Crippen LogP contribution in [0.4, 0.5) is 13.6 Å². The zero-order valence-corrected chi connectivity index (χ0v) is 14.2. The molecule has 2 heterocycles. The molecule has 0 radical (unpaired) electrons. The Hall–Kier alpha value is -2.38. The fraction of sp³-hybridized carbons (Fsp3) is 0.529. The number of likely N-dealkylation sites (tertiary alicyclic amines) is 1. The fourth-order valence-electron chi connectivity index (χ4n) is 3.48. The second kappa shape index (κ2) is 6.50. The van der Waals surface area contributed by atoms with Gasteiger partial charge in [0.2, 0.25) is 0 Å². The molecule has 1 aromatic rings. The lowest BCUT2D eigenvalue weighted by molar-refractivity contribution is 0.0438. The molecule has 2 fully saturated rings. The Bertz CT molecular complexity index is 712. The topological polar surface area (TPSA) is 59.1 Å². The van der Waals surface area contributed by atoms with Crippen molar-refractivity contribution >= 4 is 12.0 Å². The standard InChI is InChI=1S/C17H20F2N2O4/c1-20-10-17(25-16(20)23)6-3-8-21(9-7-17)15(22)11-4-5-12(18)14(24-2)13(11)19/h4-5H,3,6-10H2,1-2H3/t17-/m1/s1. The van der Waals surface area contributed by atoms with Crippen LogP contribution in [0.25, 0.3) is 0 Å². The SMILES string of the molecule is COc1c(F)ccc(C(=O)N2CCC[C@@]3(CC2)CN(C)C(=O)O3)c1F. The van der Waals surface area contributed by atoms with E-state index in [9.17, 15) is 18.4 Å². The number of amides is 2. The quantitative estimate of drug-likeness (QED) is 0.818. The summed E-state index contributed by atoms with van der Waals surface area (Å²) in [4.78, 5) is 27.4. The van der Waals surface area contributed by atoms with Crippen LogP contribution in [0.1, 0.15) is 29.6 Å². The minimum atomic E-state index is -1.00. The van der Waals surface area contributed by atoms with Gasteiger partial charge in [-0.1, -0.05) is 0 Å². The summed E-state index contributed by atoms with van der Waals surface area (Å²) in [6.45, 7) is 1.23. The molecule has 0 saturated carbocycles. The minimum absolute atomic E-state index is 0.227. The number of carbonyl (C=O) groups excluding carboxylic acids is 2. The molecule has 0 N–H and O–H groups in total. The summed E-state index contributed by atoms with van der Waals surface area (Å²) < 4.78 is 38.1. The molecule has 0 aromatic heterocycles. The van der Waals surface area contributed by atoms with Crippen molar-refractivity contribution in [2.24, 2.45) is 0 Å². The molecule has 2 aliphatic heterocycles. The van der Waals surface area contributed by atoms with Gasteiger partial charge in [0.15, 0.2) is 17.4 Å². The molecule has 2 saturated heterocycles. The molecule has 0 bridgehead atoms. The van der Waals surface area contributed by atoms with Gasteiger partial charge in [0.05, 0.1) is 19.2 Å². The maximum atomic E-state index is 14.3. The van der Waals surface area contributed by atoms with Crippen molar-refractivity contribution in [2.75, 3.05) is 33.8 Å². The van der Waals surface area contributed by atoms with Crippen LogP contribution in [0.5, 0.6) is 5.75 Å². The lowest BCUT2D eigenvalue weighted by Crippen LogP contribution is -2.37. The molecular weight excluding hydrogens is 334 g/mol. The first-order chi connectivity index (χ1) is 11.9. The van der Waals surface area contributed by atoms with Gasteiger partial charge in [-0.25, -0.2) is 13.6 Å². The highest BCUT2D eigenvalue weighted by Crippen LogP contribution is 2.33. The van der Waals surface area contributed by atoms with Gasteiger partial charge in [-0.3, -0.25) is 4.79 Å². The van der Waals surface area contributed by atoms with Crippen molar-refractivity contribution < 1.29 is 27.8 Å². The highest BCUT2D eigenvalue weighted by Gasteiger charge is 2.44. The number of hydrogen-bond acceptors (Lipinski definition) is 4. The van der Waals surface area contributed by atoms with Crippen molar-refractivity contribution in [3.05, 3.63) is 29.3 Å². The van der Waals surface area contributed by atoms with Gasteiger partial charge in [-0.2, -0.15) is 0 Å². The van der Waals surface area contributed by atoms with Crippen molar-refractivity contribution in [1.29, 1.82) is 0 Å². The van der Waals surface area contributed by atoms with Crippen LogP contribution in [-0.4, -0.2) is 61.2 Å². The summed E-state index contributed by atoms with van der Waals surface area (Å²) >= 11 is 0. The van der Waals surface area contributed by atoms with E-state index >= 15 is 0 Å². The molecule has 3 rings (SSSR count). The van der Waals surface area contributed by atoms with E-state index in [1.54, 1.807) is 7.05 Å². The molecular formula is C17H20F2N2O4. The Kier molecular flexibility index (Phi) is 4.53. The van der Waals surface area contributed by atoms with Crippen LogP contribution in [0.15, 0.2) is 12.1 Å². The van der Waals surface area contributed by atoms with Crippen molar-refractivity contribution in [2.45, 2.75) is 24.9 Å². The number of halogens is 2. The Morgan fingerprint density at radius 3 is 2.68 bits per heavy atom. The van der Waals surface area contributed by atoms with E-state index in [-0.39, 0.29) is 11.7 Å². The molecule has 1 atom stereocenters. The molecule has 6 nitrogen and oxygen atoms in total. The summed E-state index contributed by atoms with van der Waals surface area (Å²) in [7, 11) is 2.82. The number of nitrogens with zero attached hydrogens (tertiary/aromatic N) is 2. The first-order valence-corrected chi connectivity index (χ1v) is 8.12. The van der Waals surface area contributed by atoms with Gasteiger partial charge in [-0.15, -0.1) is 0 Å². The third-order valence-corrected chi connectivity index (χ3v) is 4.81. The molecule has 25 heavy (non-hydrogen) atoms. The van der Waals surface area contributed by atoms with Crippen LogP contribution in [0.2, 0.25) is 0 Å². The van der Waals surface area contributed by atoms with E-state index in [1.165, 1.54) is 9.80 Å². The molecule has 0 aliphatic carbocycles. The van der Waals surface area contributed by atoms with E-state index in [4.69, 9.17) is 9.47 Å². The van der Waals surface area contributed by atoms with Gasteiger partial charge in [-0.05, 0) is 25.0 Å². The first kappa shape index (κ1) is 17.4. The third-order valence-electron chi connectivity index (χ3n) is 4.81. The summed E-state index contributed by atoms with van der Waals surface area (Å²) in [5.74, 6) is -2.94. The predicted octanol–water partition coefficient (Wildman–Crippen LogP) is 2.42. The highest BCUT2D eigenvalue weighted by atomic mass is 19.1. The van der Waals surface area contributed by atoms with Gasteiger partial charge < -0.3 is 19.3 Å². The summed E-state index contributed by atoms with van der Waals surface area (Å²) in [6, 6.07) is 2.14. The number of methoxy groups -OCH3 is 1. The second-order valence-corrected chi connectivity index (χ2v) is 6.49. The summed E-state index contributed by atoms with van der Waals surface area (Å²) in [5, 5.41) is 0. The van der Waals surface area contributed by atoms with Crippen molar-refractivity contribution in [1.82, 2.24) is 9.80 Å². The Balaban J connectivity index is 1.77. The van der Waals surface area contributed by atoms with Crippen LogP contribution >= 0.6 is 0 Å². The highest BCUT2D eigenvalue weighted by molar-refractivity contribution is 5.95. The summed E-state index contributed by atoms with van der Waals surface area (Å²) in [6.07, 6.45) is 1.39. The lowest BCUT2D eigenvalue weighted by atomic mass is 9.95. The Labute approximate surface area is 144 Å². The molecule has 0 unspecified atom stereocenters. The molecule has 8 heteroatoms. The monoisotopic (exact) mass is 354 g/mol. The number of likely N-dealkylation sites (N-methyl/N-ethyl adjacent to an activating group) is 1. The first-order valence-electron chi connectivity index (χ1n) is 8.12. The summed E-state index contributed by atoms with van der Waals surface area (Å²) in [5.41, 5.74) is -0.824. The molecule has 1 aromatic carbocycles. The van der Waals surface area contributed by atoms with Crippen LogP contribution in [0.3, 0.4) is 0 Å². The fourth-order valence-corrected chi connectivity index (χ4v) is 3.48. The smallest absolute Gasteiger partial charge is 0.410 e. The average Bonchev–Trinajstić information content (AvgIpc) is 2.72. The lowest BCUT2D eigenvalue weighted by Gasteiger charge is -2.25. The molecule has 1 spiro atoms. The van der Waals surface area contributed by atoms with Crippen LogP contribution in [0, 0.1) is 11.6 Å². The zero-order valence-electron chi connectivity index (χ0n) is 14.2. The number of benzene rings is 1. The molecule has 2 amide bonds. The minimum Gasteiger partial charge on any atom is -0.491 e. The van der Waals surface area contributed by atoms with E-state index in [2.05, 4.69) is 0 Å². The number of rotatable bonds is 2. The normalized spacial score (nSPS) is 23.6. The Morgan fingerprint density at radius 2 is 2.04 bits per heavy atom. The number of carbonyl (C=O) groups is 2. The number of hydrogen-bond donors (Lipinski definition) is 0. The average molecular weight is 354 g/mol. The second-order valence-electron chi connectivity index (χ2n) is 6.49. The molecule has 136 valence electrons. The Morgan fingerprint density at radius 1 is 1.28 bits per heavy atom. The van der Waals surface area contributed by atoms with Crippen molar-refractivity contribution in [3.63, 3.8) is 0 Å².